The maximum Gasteiger partial charge on any atom is 0.231 e. The molecule has 7 heteroatoms. The van der Waals surface area contributed by atoms with Gasteiger partial charge in [0, 0.05) is 39.8 Å². The van der Waals surface area contributed by atoms with Crippen LogP contribution in [0.25, 0.3) is 6.08 Å². The lowest BCUT2D eigenvalue weighted by Crippen LogP contribution is -2.33. The van der Waals surface area contributed by atoms with Crippen LogP contribution in [0.4, 0.5) is 0 Å². The Morgan fingerprint density at radius 1 is 1.03 bits per heavy atom. The summed E-state index contributed by atoms with van der Waals surface area (Å²) in [4.78, 5) is 15.7. The smallest absolute Gasteiger partial charge is 0.231 e. The summed E-state index contributed by atoms with van der Waals surface area (Å²) in [5, 5.41) is 0. The number of aryl methyl sites for hydroxylation is 1. The molecule has 0 saturated carbocycles. The first-order valence-corrected chi connectivity index (χ1v) is 12.9. The second-order valence-electron chi connectivity index (χ2n) is 9.32. The fourth-order valence-corrected chi connectivity index (χ4v) is 5.57. The van der Waals surface area contributed by atoms with E-state index in [2.05, 4.69) is 45.1 Å². The van der Waals surface area contributed by atoms with Crippen LogP contribution in [-0.2, 0) is 24.3 Å². The highest BCUT2D eigenvalue weighted by Crippen LogP contribution is 2.44. The van der Waals surface area contributed by atoms with Crippen molar-refractivity contribution in [2.75, 3.05) is 20.1 Å². The summed E-state index contributed by atoms with van der Waals surface area (Å²) < 4.78 is 24.3. The van der Waals surface area contributed by atoms with Crippen LogP contribution in [0, 0.1) is 6.92 Å². The zero-order valence-electron chi connectivity index (χ0n) is 20.0. The van der Waals surface area contributed by atoms with Crippen LogP contribution in [0.5, 0.6) is 17.2 Å². The monoisotopic (exact) mass is 547 g/mol. The van der Waals surface area contributed by atoms with Crippen molar-refractivity contribution in [1.29, 1.82) is 0 Å². The van der Waals surface area contributed by atoms with Gasteiger partial charge in [0.2, 0.25) is 5.78 Å². The van der Waals surface area contributed by atoms with Crippen molar-refractivity contribution in [3.05, 3.63) is 92.1 Å². The average molecular weight is 548 g/mol. The first-order chi connectivity index (χ1) is 17.6. The number of benzene rings is 3. The molecule has 36 heavy (non-hydrogen) atoms. The second kappa shape index (κ2) is 9.73. The number of hydrogen-bond acceptors (Lipinski definition) is 6. The van der Waals surface area contributed by atoms with Crippen LogP contribution in [0.3, 0.4) is 0 Å². The molecule has 3 heterocycles. The Kier molecular flexibility index (Phi) is 6.29. The van der Waals surface area contributed by atoms with Crippen LogP contribution in [-0.4, -0.2) is 30.8 Å². The molecule has 6 nitrogen and oxygen atoms in total. The molecular weight excluding hydrogens is 522 g/mol. The molecule has 0 radical (unpaired) electrons. The lowest BCUT2D eigenvalue weighted by atomic mass is 9.99. The predicted molar refractivity (Wildman–Crippen MR) is 139 cm³/mol. The summed E-state index contributed by atoms with van der Waals surface area (Å²) >= 11 is 3.54. The minimum absolute atomic E-state index is 0.127. The molecule has 0 N–H and O–H groups in total. The summed E-state index contributed by atoms with van der Waals surface area (Å²) in [6.45, 7) is 4.81. The number of halogens is 1. The van der Waals surface area contributed by atoms with E-state index in [0.717, 1.165) is 64.2 Å². The summed E-state index contributed by atoms with van der Waals surface area (Å²) in [7, 11) is 0. The standard InChI is InChI=1S/C29H26BrNO5/c1-18-27-21(14-31(16-34-27)9-5-8-19-6-3-2-4-7-19)12-24-26(32)25(36-28(18)24)13-20-10-23(30)11-22-15-33-17-35-29(20)22/h2-4,6-7,10-13H,5,8-9,14-17H2,1H3/b25-13-. The molecule has 0 fully saturated rings. The third kappa shape index (κ3) is 4.43. The number of ether oxygens (including phenoxy) is 4. The van der Waals surface area contributed by atoms with E-state index in [9.17, 15) is 4.79 Å². The van der Waals surface area contributed by atoms with Crippen LogP contribution in [0.2, 0.25) is 0 Å². The molecule has 0 unspecified atom stereocenters. The van der Waals surface area contributed by atoms with Gasteiger partial charge in [0.25, 0.3) is 0 Å². The quantitative estimate of drug-likeness (QED) is 0.364. The SMILES string of the molecule is Cc1c2c(cc3c1O/C(=C\c1cc(Br)cc4c1OCOC4)C3=O)CN(CCCc1ccccc1)CO2. The minimum atomic E-state index is -0.127. The van der Waals surface area contributed by atoms with Gasteiger partial charge in [0.05, 0.1) is 12.2 Å². The van der Waals surface area contributed by atoms with E-state index in [4.69, 9.17) is 18.9 Å². The average Bonchev–Trinajstić information content (AvgIpc) is 3.20. The van der Waals surface area contributed by atoms with Crippen molar-refractivity contribution in [3.63, 3.8) is 0 Å². The van der Waals surface area contributed by atoms with Gasteiger partial charge in [-0.25, -0.2) is 0 Å². The molecular formula is C29H26BrNO5. The third-order valence-corrected chi connectivity index (χ3v) is 7.23. The van der Waals surface area contributed by atoms with E-state index in [1.165, 1.54) is 5.56 Å². The van der Waals surface area contributed by atoms with Gasteiger partial charge in [0.15, 0.2) is 12.6 Å². The van der Waals surface area contributed by atoms with Gasteiger partial charge in [-0.3, -0.25) is 9.69 Å². The van der Waals surface area contributed by atoms with Crippen molar-refractivity contribution in [2.45, 2.75) is 32.9 Å². The molecule has 0 spiro atoms. The van der Waals surface area contributed by atoms with Crippen LogP contribution in [0.1, 0.15) is 44.6 Å². The molecule has 3 aromatic carbocycles. The number of rotatable bonds is 5. The first kappa shape index (κ1) is 23.3. The molecule has 0 saturated heterocycles. The second-order valence-corrected chi connectivity index (χ2v) is 10.2. The summed E-state index contributed by atoms with van der Waals surface area (Å²) in [5.41, 5.74) is 5.52. The topological polar surface area (TPSA) is 57.2 Å². The fourth-order valence-electron chi connectivity index (χ4n) is 5.05. The van der Waals surface area contributed by atoms with Gasteiger partial charge in [-0.2, -0.15) is 0 Å². The Labute approximate surface area is 218 Å². The van der Waals surface area contributed by atoms with Crippen molar-refractivity contribution in [1.82, 2.24) is 4.90 Å². The molecule has 3 aliphatic heterocycles. The number of carbonyl (C=O) groups excluding carboxylic acids is 1. The van der Waals surface area contributed by atoms with Gasteiger partial charge >= 0.3 is 0 Å². The Bertz CT molecular complexity index is 1370. The lowest BCUT2D eigenvalue weighted by Gasteiger charge is -2.30. The van der Waals surface area contributed by atoms with Crippen molar-refractivity contribution in [3.8, 4) is 17.2 Å². The molecule has 0 aliphatic carbocycles. The van der Waals surface area contributed by atoms with E-state index < -0.39 is 0 Å². The Balaban J connectivity index is 1.22. The van der Waals surface area contributed by atoms with E-state index in [0.29, 0.717) is 24.7 Å². The van der Waals surface area contributed by atoms with E-state index in [1.807, 2.05) is 31.2 Å². The number of ketones is 1. The minimum Gasteiger partial charge on any atom is -0.477 e. The number of fused-ring (bicyclic) bond motifs is 3. The zero-order chi connectivity index (χ0) is 24.6. The summed E-state index contributed by atoms with van der Waals surface area (Å²) in [6, 6.07) is 16.3. The van der Waals surface area contributed by atoms with Gasteiger partial charge in [-0.1, -0.05) is 46.3 Å². The van der Waals surface area contributed by atoms with Crippen molar-refractivity contribution in [2.24, 2.45) is 0 Å². The number of allylic oxidation sites excluding steroid dienone is 1. The number of carbonyl (C=O) groups is 1. The van der Waals surface area contributed by atoms with Crippen LogP contribution >= 0.6 is 15.9 Å². The van der Waals surface area contributed by atoms with E-state index in [1.54, 1.807) is 6.08 Å². The fraction of sp³-hybridized carbons (Fsp3) is 0.276. The molecule has 0 bridgehead atoms. The van der Waals surface area contributed by atoms with Gasteiger partial charge < -0.3 is 18.9 Å². The van der Waals surface area contributed by atoms with Crippen LogP contribution < -0.4 is 14.2 Å². The van der Waals surface area contributed by atoms with Gasteiger partial charge in [0.1, 0.15) is 24.0 Å². The Morgan fingerprint density at radius 2 is 1.89 bits per heavy atom. The Morgan fingerprint density at radius 3 is 2.75 bits per heavy atom. The largest absolute Gasteiger partial charge is 0.477 e. The Hall–Kier alpha value is -3.13. The first-order valence-electron chi connectivity index (χ1n) is 12.1. The molecule has 3 aliphatic rings. The van der Waals surface area contributed by atoms with Crippen LogP contribution in [0.15, 0.2) is 58.8 Å². The molecule has 0 amide bonds. The predicted octanol–water partition coefficient (Wildman–Crippen LogP) is 6.02. The maximum absolute atomic E-state index is 13.4. The highest BCUT2D eigenvalue weighted by atomic mass is 79.9. The van der Waals surface area contributed by atoms with E-state index >= 15 is 0 Å². The van der Waals surface area contributed by atoms with Gasteiger partial charge in [-0.15, -0.1) is 0 Å². The molecule has 0 aromatic heterocycles. The van der Waals surface area contributed by atoms with Crippen molar-refractivity contribution >= 4 is 27.8 Å². The summed E-state index contributed by atoms with van der Waals surface area (Å²) in [5.74, 6) is 2.27. The van der Waals surface area contributed by atoms with Gasteiger partial charge in [-0.05, 0) is 49.6 Å². The molecule has 184 valence electrons. The number of nitrogens with zero attached hydrogens (tertiary/aromatic N) is 1. The number of Topliss-reactive ketones (excluding diaryl/α,β-unsaturated/α-hetero) is 1. The number of hydrogen-bond donors (Lipinski definition) is 0. The molecule has 0 atom stereocenters. The van der Waals surface area contributed by atoms with E-state index in [-0.39, 0.29) is 18.3 Å². The zero-order valence-corrected chi connectivity index (χ0v) is 21.6. The highest BCUT2D eigenvalue weighted by molar-refractivity contribution is 9.10. The highest BCUT2D eigenvalue weighted by Gasteiger charge is 2.34. The molecule has 6 rings (SSSR count). The lowest BCUT2D eigenvalue weighted by molar-refractivity contribution is -0.0165. The molecule has 3 aromatic rings. The third-order valence-electron chi connectivity index (χ3n) is 6.77. The maximum atomic E-state index is 13.4. The normalized spacial score (nSPS) is 17.6. The van der Waals surface area contributed by atoms with Crippen molar-refractivity contribution < 1.29 is 23.7 Å². The summed E-state index contributed by atoms with van der Waals surface area (Å²) in [6.07, 6.45) is 3.83.